The van der Waals surface area contributed by atoms with Gasteiger partial charge >= 0.3 is 0 Å². The van der Waals surface area contributed by atoms with Crippen LogP contribution in [0.15, 0.2) is 42.5 Å². The summed E-state index contributed by atoms with van der Waals surface area (Å²) in [7, 11) is 1.65. The van der Waals surface area contributed by atoms with Crippen molar-refractivity contribution in [3.8, 4) is 22.9 Å². The number of methoxy groups -OCH3 is 1. The molecule has 24 heavy (non-hydrogen) atoms. The highest BCUT2D eigenvalue weighted by molar-refractivity contribution is 5.95. The molecule has 0 atom stereocenters. The number of anilines is 1. The molecule has 3 aromatic rings. The molecular weight excluding hydrogens is 300 g/mol. The Morgan fingerprint density at radius 2 is 1.88 bits per heavy atom. The Kier molecular flexibility index (Phi) is 4.30. The highest BCUT2D eigenvalue weighted by Gasteiger charge is 2.12. The van der Waals surface area contributed by atoms with Crippen molar-refractivity contribution in [2.45, 2.75) is 19.9 Å². The fourth-order valence-corrected chi connectivity index (χ4v) is 2.60. The molecule has 0 amide bonds. The maximum absolute atomic E-state index is 9.27. The van der Waals surface area contributed by atoms with Crippen molar-refractivity contribution in [2.24, 2.45) is 0 Å². The number of ether oxygens (including phenoxy) is 1. The van der Waals surface area contributed by atoms with Gasteiger partial charge in [-0.1, -0.05) is 18.2 Å². The average Bonchev–Trinajstić information content (AvgIpc) is 2.61. The number of rotatable bonds is 4. The first-order chi connectivity index (χ1) is 11.6. The minimum absolute atomic E-state index is 0.197. The van der Waals surface area contributed by atoms with Crippen molar-refractivity contribution < 1.29 is 4.74 Å². The van der Waals surface area contributed by atoms with Gasteiger partial charge in [-0.2, -0.15) is 5.26 Å². The molecule has 0 bridgehead atoms. The maximum Gasteiger partial charge on any atom is 0.186 e. The van der Waals surface area contributed by atoms with Gasteiger partial charge in [-0.25, -0.2) is 0 Å². The van der Waals surface area contributed by atoms with Gasteiger partial charge in [0.2, 0.25) is 0 Å². The largest absolute Gasteiger partial charge is 0.497 e. The summed E-state index contributed by atoms with van der Waals surface area (Å²) in [5.41, 5.74) is 3.86. The van der Waals surface area contributed by atoms with E-state index in [1.54, 1.807) is 7.11 Å². The average molecular weight is 318 g/mol. The van der Waals surface area contributed by atoms with E-state index in [1.165, 1.54) is 0 Å². The molecule has 1 N–H and O–H groups in total. The summed E-state index contributed by atoms with van der Waals surface area (Å²) >= 11 is 0. The summed E-state index contributed by atoms with van der Waals surface area (Å²) in [4.78, 5) is 0. The smallest absolute Gasteiger partial charge is 0.186 e. The number of fused-ring (bicyclic) bond motifs is 1. The molecule has 0 aliphatic heterocycles. The van der Waals surface area contributed by atoms with E-state index < -0.39 is 0 Å². The van der Waals surface area contributed by atoms with Crippen molar-refractivity contribution >= 4 is 16.6 Å². The summed E-state index contributed by atoms with van der Waals surface area (Å²) in [6, 6.07) is 16.1. The van der Waals surface area contributed by atoms with E-state index in [0.29, 0.717) is 5.69 Å². The molecule has 120 valence electrons. The van der Waals surface area contributed by atoms with Crippen LogP contribution in [0, 0.1) is 11.3 Å². The third-order valence-electron chi connectivity index (χ3n) is 3.70. The van der Waals surface area contributed by atoms with Crippen molar-refractivity contribution in [1.82, 2.24) is 10.2 Å². The number of nitriles is 1. The lowest BCUT2D eigenvalue weighted by molar-refractivity contribution is 0.415. The molecule has 0 saturated heterocycles. The van der Waals surface area contributed by atoms with Crippen LogP contribution in [-0.4, -0.2) is 23.3 Å². The van der Waals surface area contributed by atoms with Gasteiger partial charge in [0.25, 0.3) is 0 Å². The Bertz CT molecular complexity index is 928. The van der Waals surface area contributed by atoms with Crippen molar-refractivity contribution in [3.63, 3.8) is 0 Å². The Hall–Kier alpha value is -3.13. The lowest BCUT2D eigenvalue weighted by Crippen LogP contribution is -2.12. The fourth-order valence-electron chi connectivity index (χ4n) is 2.60. The van der Waals surface area contributed by atoms with Crippen LogP contribution in [0.1, 0.15) is 19.5 Å². The lowest BCUT2D eigenvalue weighted by atomic mass is 10.0. The third kappa shape index (κ3) is 2.99. The molecule has 1 aromatic heterocycles. The molecule has 0 fully saturated rings. The first kappa shape index (κ1) is 15.8. The van der Waals surface area contributed by atoms with Crippen LogP contribution in [0.3, 0.4) is 0 Å². The molecular formula is C19H18N4O. The summed E-state index contributed by atoms with van der Waals surface area (Å²) in [5.74, 6) is 0.806. The van der Waals surface area contributed by atoms with Gasteiger partial charge in [-0.05, 0) is 49.2 Å². The van der Waals surface area contributed by atoms with Crippen LogP contribution < -0.4 is 10.1 Å². The zero-order valence-corrected chi connectivity index (χ0v) is 13.9. The van der Waals surface area contributed by atoms with Gasteiger partial charge in [-0.3, -0.25) is 0 Å². The Labute approximate surface area is 140 Å². The normalized spacial score (nSPS) is 10.6. The molecule has 0 aliphatic carbocycles. The lowest BCUT2D eigenvalue weighted by Gasteiger charge is -2.14. The Balaban J connectivity index is 2.14. The minimum Gasteiger partial charge on any atom is -0.497 e. The second-order valence-corrected chi connectivity index (χ2v) is 5.80. The topological polar surface area (TPSA) is 70.8 Å². The van der Waals surface area contributed by atoms with Crippen molar-refractivity contribution in [1.29, 1.82) is 5.26 Å². The molecule has 0 spiro atoms. The van der Waals surface area contributed by atoms with Crippen LogP contribution >= 0.6 is 0 Å². The number of nitrogens with zero attached hydrogens (tertiary/aromatic N) is 3. The summed E-state index contributed by atoms with van der Waals surface area (Å²) < 4.78 is 5.28. The maximum atomic E-state index is 9.27. The highest BCUT2D eigenvalue weighted by atomic mass is 16.5. The molecule has 3 rings (SSSR count). The molecule has 0 saturated carbocycles. The second-order valence-electron chi connectivity index (χ2n) is 5.80. The van der Waals surface area contributed by atoms with Gasteiger partial charge < -0.3 is 10.1 Å². The number of benzene rings is 2. The molecule has 2 aromatic carbocycles. The van der Waals surface area contributed by atoms with E-state index in [9.17, 15) is 5.26 Å². The first-order valence-electron chi connectivity index (χ1n) is 7.74. The third-order valence-corrected chi connectivity index (χ3v) is 3.70. The van der Waals surface area contributed by atoms with E-state index in [2.05, 4.69) is 21.6 Å². The van der Waals surface area contributed by atoms with Crippen LogP contribution in [0.2, 0.25) is 0 Å². The van der Waals surface area contributed by atoms with Crippen LogP contribution in [-0.2, 0) is 0 Å². The van der Waals surface area contributed by atoms with Crippen LogP contribution in [0.5, 0.6) is 5.75 Å². The molecule has 0 aliphatic rings. The van der Waals surface area contributed by atoms with E-state index in [1.807, 2.05) is 56.3 Å². The molecule has 1 heterocycles. The quantitative estimate of drug-likeness (QED) is 0.787. The fraction of sp³-hybridized carbons (Fsp3) is 0.211. The standard InChI is InChI=1S/C19H18N4O/c1-12(2)21-19-16-8-7-14(10-17(16)22-23-18(19)11-20)13-5-4-6-15(9-13)24-3/h4-10,12H,1-3H3,(H,21,22). The number of hydrogen-bond acceptors (Lipinski definition) is 5. The number of nitrogens with one attached hydrogen (secondary N) is 1. The van der Waals surface area contributed by atoms with Crippen LogP contribution in [0.4, 0.5) is 5.69 Å². The number of aromatic nitrogens is 2. The van der Waals surface area contributed by atoms with E-state index in [4.69, 9.17) is 4.74 Å². The van der Waals surface area contributed by atoms with Gasteiger partial charge in [0.05, 0.1) is 18.3 Å². The van der Waals surface area contributed by atoms with Gasteiger partial charge in [0.1, 0.15) is 11.8 Å². The zero-order valence-electron chi connectivity index (χ0n) is 13.9. The molecule has 5 heteroatoms. The second kappa shape index (κ2) is 6.55. The molecule has 5 nitrogen and oxygen atoms in total. The van der Waals surface area contributed by atoms with Crippen LogP contribution in [0.25, 0.3) is 22.0 Å². The van der Waals surface area contributed by atoms with E-state index in [0.717, 1.165) is 33.5 Å². The Morgan fingerprint density at radius 3 is 2.58 bits per heavy atom. The highest BCUT2D eigenvalue weighted by Crippen LogP contribution is 2.30. The summed E-state index contributed by atoms with van der Waals surface area (Å²) in [6.07, 6.45) is 0. The molecule has 0 radical (unpaired) electrons. The summed E-state index contributed by atoms with van der Waals surface area (Å²) in [5, 5.41) is 21.7. The van der Waals surface area contributed by atoms with Gasteiger partial charge in [0.15, 0.2) is 5.69 Å². The minimum atomic E-state index is 0.197. The number of hydrogen-bond donors (Lipinski definition) is 1. The Morgan fingerprint density at radius 1 is 1.08 bits per heavy atom. The SMILES string of the molecule is COc1cccc(-c2ccc3c(NC(C)C)c(C#N)nnc3c2)c1. The first-order valence-corrected chi connectivity index (χ1v) is 7.74. The van der Waals surface area contributed by atoms with Crippen molar-refractivity contribution in [3.05, 3.63) is 48.2 Å². The monoisotopic (exact) mass is 318 g/mol. The van der Waals surface area contributed by atoms with Gasteiger partial charge in [-0.15, -0.1) is 10.2 Å². The zero-order chi connectivity index (χ0) is 17.1. The van der Waals surface area contributed by atoms with Gasteiger partial charge in [0, 0.05) is 11.4 Å². The molecule has 0 unspecified atom stereocenters. The van der Waals surface area contributed by atoms with E-state index in [-0.39, 0.29) is 6.04 Å². The predicted molar refractivity (Wildman–Crippen MR) is 95.0 cm³/mol. The predicted octanol–water partition coefficient (Wildman–Crippen LogP) is 4.00. The van der Waals surface area contributed by atoms with Crippen molar-refractivity contribution in [2.75, 3.05) is 12.4 Å². The van der Waals surface area contributed by atoms with E-state index >= 15 is 0 Å². The summed E-state index contributed by atoms with van der Waals surface area (Å²) in [6.45, 7) is 4.05.